The standard InChI is InChI=1S/C25H22N2O4/c1-29-20-10-4-17(5-11-20)16-23-25(28)27(19-8-14-22(31-3)15-9-19)24(26-23)18-6-12-21(30-2)13-7-18/h4-16H,1-3H3/b23-16+. The van der Waals surface area contributed by atoms with Crippen molar-refractivity contribution in [2.75, 3.05) is 26.2 Å². The van der Waals surface area contributed by atoms with E-state index in [1.54, 1.807) is 32.3 Å². The topological polar surface area (TPSA) is 60.4 Å². The Hall–Kier alpha value is -4.06. The number of methoxy groups -OCH3 is 3. The van der Waals surface area contributed by atoms with Gasteiger partial charge in [-0.2, -0.15) is 0 Å². The predicted octanol–water partition coefficient (Wildman–Crippen LogP) is 4.55. The summed E-state index contributed by atoms with van der Waals surface area (Å²) < 4.78 is 15.7. The van der Waals surface area contributed by atoms with Crippen molar-refractivity contribution < 1.29 is 19.0 Å². The summed E-state index contributed by atoms with van der Waals surface area (Å²) in [6, 6.07) is 22.3. The molecule has 1 aliphatic rings. The van der Waals surface area contributed by atoms with E-state index in [4.69, 9.17) is 14.2 Å². The molecule has 0 fully saturated rings. The SMILES string of the molecule is COc1ccc(/C=C2/N=C(c3ccc(OC)cc3)N(c3ccc(OC)cc3)C2=O)cc1. The van der Waals surface area contributed by atoms with Gasteiger partial charge >= 0.3 is 0 Å². The maximum Gasteiger partial charge on any atom is 0.282 e. The number of carbonyl (C=O) groups excluding carboxylic acids is 1. The summed E-state index contributed by atoms with van der Waals surface area (Å²) >= 11 is 0. The molecule has 1 amide bonds. The highest BCUT2D eigenvalue weighted by Gasteiger charge is 2.32. The van der Waals surface area contributed by atoms with Crippen molar-refractivity contribution >= 4 is 23.5 Å². The maximum absolute atomic E-state index is 13.4. The second-order valence-corrected chi connectivity index (χ2v) is 6.81. The van der Waals surface area contributed by atoms with Crippen LogP contribution in [0.3, 0.4) is 0 Å². The molecule has 4 rings (SSSR count). The van der Waals surface area contributed by atoms with Crippen LogP contribution in [0.15, 0.2) is 83.5 Å². The number of carbonyl (C=O) groups is 1. The van der Waals surface area contributed by atoms with Crippen molar-refractivity contribution in [3.05, 3.63) is 89.6 Å². The Kier molecular flexibility index (Phi) is 5.71. The second-order valence-electron chi connectivity index (χ2n) is 6.81. The summed E-state index contributed by atoms with van der Waals surface area (Å²) in [5, 5.41) is 0. The summed E-state index contributed by atoms with van der Waals surface area (Å²) in [5.74, 6) is 2.55. The largest absolute Gasteiger partial charge is 0.497 e. The predicted molar refractivity (Wildman–Crippen MR) is 121 cm³/mol. The van der Waals surface area contributed by atoms with Gasteiger partial charge in [0.15, 0.2) is 0 Å². The van der Waals surface area contributed by atoms with Crippen LogP contribution < -0.4 is 19.1 Å². The van der Waals surface area contributed by atoms with E-state index in [0.29, 0.717) is 23.0 Å². The van der Waals surface area contributed by atoms with Crippen LogP contribution in [0.4, 0.5) is 5.69 Å². The van der Waals surface area contributed by atoms with Gasteiger partial charge in [-0.1, -0.05) is 12.1 Å². The zero-order valence-corrected chi connectivity index (χ0v) is 17.5. The summed E-state index contributed by atoms with van der Waals surface area (Å²) in [6.45, 7) is 0. The fraction of sp³-hybridized carbons (Fsp3) is 0.120. The first-order chi connectivity index (χ1) is 15.1. The van der Waals surface area contributed by atoms with Gasteiger partial charge in [0.05, 0.1) is 27.0 Å². The van der Waals surface area contributed by atoms with Crippen LogP contribution in [0, 0.1) is 0 Å². The number of ether oxygens (including phenoxy) is 3. The van der Waals surface area contributed by atoms with Crippen molar-refractivity contribution in [2.24, 2.45) is 4.99 Å². The highest BCUT2D eigenvalue weighted by Crippen LogP contribution is 2.30. The fourth-order valence-corrected chi connectivity index (χ4v) is 3.28. The monoisotopic (exact) mass is 414 g/mol. The van der Waals surface area contributed by atoms with Gasteiger partial charge in [-0.25, -0.2) is 4.99 Å². The van der Waals surface area contributed by atoms with Gasteiger partial charge < -0.3 is 14.2 Å². The zero-order valence-electron chi connectivity index (χ0n) is 17.5. The molecule has 6 nitrogen and oxygen atoms in total. The maximum atomic E-state index is 13.4. The molecule has 0 saturated carbocycles. The molecule has 1 heterocycles. The van der Waals surface area contributed by atoms with Crippen LogP contribution in [-0.4, -0.2) is 33.1 Å². The van der Waals surface area contributed by atoms with Gasteiger partial charge in [0.1, 0.15) is 28.8 Å². The number of benzene rings is 3. The van der Waals surface area contributed by atoms with Gasteiger partial charge in [-0.05, 0) is 72.3 Å². The Morgan fingerprint density at radius 1 is 0.710 bits per heavy atom. The van der Waals surface area contributed by atoms with Crippen LogP contribution in [0.25, 0.3) is 6.08 Å². The number of amides is 1. The molecule has 3 aromatic rings. The average molecular weight is 414 g/mol. The molecule has 156 valence electrons. The molecule has 31 heavy (non-hydrogen) atoms. The van der Waals surface area contributed by atoms with E-state index in [-0.39, 0.29) is 5.91 Å². The normalized spacial score (nSPS) is 14.5. The summed E-state index contributed by atoms with van der Waals surface area (Å²) in [7, 11) is 4.84. The van der Waals surface area contributed by atoms with Gasteiger partial charge in [0, 0.05) is 5.56 Å². The minimum atomic E-state index is -0.202. The summed E-state index contributed by atoms with van der Waals surface area (Å²) in [4.78, 5) is 19.6. The van der Waals surface area contributed by atoms with E-state index < -0.39 is 0 Å². The third-order valence-corrected chi connectivity index (χ3v) is 4.96. The van der Waals surface area contributed by atoms with Gasteiger partial charge in [-0.15, -0.1) is 0 Å². The minimum Gasteiger partial charge on any atom is -0.497 e. The Morgan fingerprint density at radius 3 is 1.71 bits per heavy atom. The molecular formula is C25H22N2O4. The first-order valence-corrected chi connectivity index (χ1v) is 9.70. The van der Waals surface area contributed by atoms with E-state index in [1.807, 2.05) is 72.8 Å². The number of hydrogen-bond acceptors (Lipinski definition) is 5. The zero-order chi connectivity index (χ0) is 21.8. The van der Waals surface area contributed by atoms with Gasteiger partial charge in [-0.3, -0.25) is 9.69 Å². The molecule has 0 spiro atoms. The molecule has 1 aliphatic heterocycles. The lowest BCUT2D eigenvalue weighted by Gasteiger charge is -2.19. The molecule has 0 N–H and O–H groups in total. The Labute approximate surface area is 181 Å². The van der Waals surface area contributed by atoms with Gasteiger partial charge in [0.25, 0.3) is 5.91 Å². The highest BCUT2D eigenvalue weighted by molar-refractivity contribution is 6.33. The molecular weight excluding hydrogens is 392 g/mol. The van der Waals surface area contributed by atoms with E-state index in [1.165, 1.54) is 0 Å². The first-order valence-electron chi connectivity index (χ1n) is 9.70. The molecule has 0 aliphatic carbocycles. The molecule has 0 bridgehead atoms. The van der Waals surface area contributed by atoms with Crippen molar-refractivity contribution in [3.63, 3.8) is 0 Å². The third-order valence-electron chi connectivity index (χ3n) is 4.96. The Balaban J connectivity index is 1.76. The highest BCUT2D eigenvalue weighted by atomic mass is 16.5. The third kappa shape index (κ3) is 4.14. The number of aliphatic imine (C=N–C) groups is 1. The van der Waals surface area contributed by atoms with E-state index >= 15 is 0 Å². The lowest BCUT2D eigenvalue weighted by molar-refractivity contribution is -0.113. The van der Waals surface area contributed by atoms with Crippen molar-refractivity contribution in [3.8, 4) is 17.2 Å². The van der Waals surface area contributed by atoms with Gasteiger partial charge in [0.2, 0.25) is 0 Å². The Bertz CT molecular complexity index is 1130. The number of rotatable bonds is 6. The molecule has 0 unspecified atom stereocenters. The molecule has 0 atom stereocenters. The van der Waals surface area contributed by atoms with Crippen molar-refractivity contribution in [1.82, 2.24) is 0 Å². The molecule has 0 saturated heterocycles. The lowest BCUT2D eigenvalue weighted by Crippen LogP contribution is -2.32. The van der Waals surface area contributed by atoms with Crippen LogP contribution in [0.1, 0.15) is 11.1 Å². The van der Waals surface area contributed by atoms with E-state index in [0.717, 1.165) is 22.6 Å². The molecule has 3 aromatic carbocycles. The summed E-state index contributed by atoms with van der Waals surface area (Å²) in [5.41, 5.74) is 2.73. The molecule has 6 heteroatoms. The van der Waals surface area contributed by atoms with Crippen molar-refractivity contribution in [2.45, 2.75) is 0 Å². The number of amidine groups is 1. The smallest absolute Gasteiger partial charge is 0.282 e. The van der Waals surface area contributed by atoms with Crippen LogP contribution in [0.2, 0.25) is 0 Å². The first kappa shape index (κ1) is 20.2. The van der Waals surface area contributed by atoms with Crippen LogP contribution in [0.5, 0.6) is 17.2 Å². The second kappa shape index (κ2) is 8.75. The fourth-order valence-electron chi connectivity index (χ4n) is 3.28. The number of nitrogens with zero attached hydrogens (tertiary/aromatic N) is 2. The number of anilines is 1. The summed E-state index contributed by atoms with van der Waals surface area (Å²) in [6.07, 6.45) is 1.77. The van der Waals surface area contributed by atoms with Crippen LogP contribution in [-0.2, 0) is 4.79 Å². The lowest BCUT2D eigenvalue weighted by atomic mass is 10.1. The Morgan fingerprint density at radius 2 is 1.19 bits per heavy atom. The van der Waals surface area contributed by atoms with E-state index in [2.05, 4.69) is 4.99 Å². The average Bonchev–Trinajstić information content (AvgIpc) is 3.15. The molecule has 0 radical (unpaired) electrons. The van der Waals surface area contributed by atoms with Crippen molar-refractivity contribution in [1.29, 1.82) is 0 Å². The minimum absolute atomic E-state index is 0.202. The van der Waals surface area contributed by atoms with Crippen LogP contribution >= 0.6 is 0 Å². The number of hydrogen-bond donors (Lipinski definition) is 0. The quantitative estimate of drug-likeness (QED) is 0.556. The molecule has 0 aromatic heterocycles. The van der Waals surface area contributed by atoms with E-state index in [9.17, 15) is 4.79 Å².